The molecule has 1 fully saturated rings. The van der Waals surface area contributed by atoms with Crippen LogP contribution in [0.1, 0.15) is 18.4 Å². The molecule has 0 N–H and O–H groups in total. The van der Waals surface area contributed by atoms with E-state index in [1.165, 1.54) is 11.8 Å². The van der Waals surface area contributed by atoms with Crippen molar-refractivity contribution in [3.8, 4) is 5.88 Å². The molecule has 1 aliphatic rings. The zero-order chi connectivity index (χ0) is 17.7. The van der Waals surface area contributed by atoms with Gasteiger partial charge < -0.3 is 9.64 Å². The molecule has 1 aliphatic heterocycles. The molecule has 1 saturated heterocycles. The van der Waals surface area contributed by atoms with Crippen LogP contribution in [0, 0.1) is 5.92 Å². The summed E-state index contributed by atoms with van der Waals surface area (Å²) >= 11 is 0. The Balaban J connectivity index is 1.63. The van der Waals surface area contributed by atoms with Crippen molar-refractivity contribution in [3.05, 3.63) is 42.5 Å². The van der Waals surface area contributed by atoms with Gasteiger partial charge in [-0.15, -0.1) is 0 Å². The van der Waals surface area contributed by atoms with Crippen LogP contribution in [-0.2, 0) is 6.42 Å². The number of ether oxygens (including phenoxy) is 1. The van der Waals surface area contributed by atoms with Crippen molar-refractivity contribution in [2.75, 3.05) is 24.6 Å². The first-order chi connectivity index (χ1) is 12.0. The summed E-state index contributed by atoms with van der Waals surface area (Å²) in [7, 11) is 0. The van der Waals surface area contributed by atoms with Gasteiger partial charge in [0.2, 0.25) is 5.88 Å². The van der Waals surface area contributed by atoms with Crippen LogP contribution in [0.4, 0.5) is 19.0 Å². The number of aromatic nitrogens is 3. The van der Waals surface area contributed by atoms with Crippen LogP contribution in [0.2, 0.25) is 0 Å². The molecule has 2 aromatic heterocycles. The Morgan fingerprint density at radius 2 is 2.08 bits per heavy atom. The Labute approximate surface area is 143 Å². The number of rotatable bonds is 5. The van der Waals surface area contributed by atoms with Crippen molar-refractivity contribution in [1.29, 1.82) is 0 Å². The monoisotopic (exact) mass is 352 g/mol. The van der Waals surface area contributed by atoms with Crippen LogP contribution in [0.25, 0.3) is 0 Å². The van der Waals surface area contributed by atoms with Gasteiger partial charge in [-0.25, -0.2) is 0 Å². The van der Waals surface area contributed by atoms with Gasteiger partial charge in [-0.05, 0) is 36.8 Å². The fourth-order valence-corrected chi connectivity index (χ4v) is 3.01. The van der Waals surface area contributed by atoms with Crippen molar-refractivity contribution < 1.29 is 17.9 Å². The van der Waals surface area contributed by atoms with E-state index in [0.29, 0.717) is 11.7 Å². The van der Waals surface area contributed by atoms with Gasteiger partial charge in [0, 0.05) is 25.5 Å². The van der Waals surface area contributed by atoms with Crippen LogP contribution in [0.5, 0.6) is 5.88 Å². The number of nitrogens with zero attached hydrogens (tertiary/aromatic N) is 4. The average molecular weight is 352 g/mol. The summed E-state index contributed by atoms with van der Waals surface area (Å²) in [5.74, 6) is 0.888. The highest BCUT2D eigenvalue weighted by Gasteiger charge is 2.29. The molecule has 5 nitrogen and oxygen atoms in total. The molecule has 0 saturated carbocycles. The molecule has 0 radical (unpaired) electrons. The summed E-state index contributed by atoms with van der Waals surface area (Å²) in [5.41, 5.74) is 1.18. The summed E-state index contributed by atoms with van der Waals surface area (Å²) in [6, 6.07) is 3.97. The van der Waals surface area contributed by atoms with E-state index in [2.05, 4.69) is 25.9 Å². The SMILES string of the molecule is FC(F)(F)COc1cncc(N2CCCC(Cc3cccnc3)C2)n1. The Morgan fingerprint density at radius 3 is 2.84 bits per heavy atom. The Morgan fingerprint density at radius 1 is 1.20 bits per heavy atom. The second-order valence-corrected chi connectivity index (χ2v) is 6.14. The Bertz CT molecular complexity index is 681. The smallest absolute Gasteiger partial charge is 0.422 e. The summed E-state index contributed by atoms with van der Waals surface area (Å²) in [4.78, 5) is 14.3. The van der Waals surface area contributed by atoms with Crippen LogP contribution >= 0.6 is 0 Å². The third-order valence-corrected chi connectivity index (χ3v) is 4.07. The van der Waals surface area contributed by atoms with Crippen molar-refractivity contribution in [2.45, 2.75) is 25.4 Å². The van der Waals surface area contributed by atoms with E-state index < -0.39 is 12.8 Å². The lowest BCUT2D eigenvalue weighted by Gasteiger charge is -2.33. The van der Waals surface area contributed by atoms with E-state index in [4.69, 9.17) is 4.74 Å². The minimum absolute atomic E-state index is 0.107. The van der Waals surface area contributed by atoms with E-state index in [0.717, 1.165) is 32.4 Å². The molecule has 0 spiro atoms. The van der Waals surface area contributed by atoms with Gasteiger partial charge in [0.1, 0.15) is 0 Å². The first-order valence-corrected chi connectivity index (χ1v) is 8.15. The molecule has 8 heteroatoms. The van der Waals surface area contributed by atoms with Crippen molar-refractivity contribution in [2.24, 2.45) is 5.92 Å². The summed E-state index contributed by atoms with van der Waals surface area (Å²) < 4.78 is 41.5. The summed E-state index contributed by atoms with van der Waals surface area (Å²) in [6.45, 7) is 0.224. The van der Waals surface area contributed by atoms with Crippen LogP contribution in [0.15, 0.2) is 36.9 Å². The maximum atomic E-state index is 12.3. The number of halogens is 3. The molecule has 3 heterocycles. The van der Waals surface area contributed by atoms with E-state index in [1.807, 2.05) is 12.3 Å². The van der Waals surface area contributed by atoms with E-state index in [9.17, 15) is 13.2 Å². The lowest BCUT2D eigenvalue weighted by atomic mass is 9.92. The molecule has 1 atom stereocenters. The predicted molar refractivity (Wildman–Crippen MR) is 86.5 cm³/mol. The Kier molecular flexibility index (Phi) is 5.35. The first-order valence-electron chi connectivity index (χ1n) is 8.15. The molecule has 134 valence electrons. The van der Waals surface area contributed by atoms with Gasteiger partial charge in [-0.2, -0.15) is 18.2 Å². The number of pyridine rings is 1. The maximum absolute atomic E-state index is 12.3. The van der Waals surface area contributed by atoms with E-state index >= 15 is 0 Å². The fourth-order valence-electron chi connectivity index (χ4n) is 3.01. The molecule has 0 aromatic carbocycles. The van der Waals surface area contributed by atoms with Gasteiger partial charge >= 0.3 is 6.18 Å². The van der Waals surface area contributed by atoms with Crippen LogP contribution < -0.4 is 9.64 Å². The third-order valence-electron chi connectivity index (χ3n) is 4.07. The zero-order valence-electron chi connectivity index (χ0n) is 13.6. The standard InChI is InChI=1S/C17H19F3N4O/c18-17(19,20)12-25-16-10-22-9-15(23-16)24-6-2-4-14(11-24)7-13-3-1-5-21-8-13/h1,3,5,8-10,14H,2,4,6-7,11-12H2. The topological polar surface area (TPSA) is 51.1 Å². The average Bonchev–Trinajstić information content (AvgIpc) is 2.61. The molecular formula is C17H19F3N4O. The van der Waals surface area contributed by atoms with E-state index in [-0.39, 0.29) is 5.88 Å². The minimum atomic E-state index is -4.39. The second kappa shape index (κ2) is 7.67. The number of piperidine rings is 1. The molecule has 1 unspecified atom stereocenters. The van der Waals surface area contributed by atoms with Gasteiger partial charge in [0.05, 0.1) is 12.4 Å². The highest BCUT2D eigenvalue weighted by molar-refractivity contribution is 5.38. The molecule has 2 aromatic rings. The van der Waals surface area contributed by atoms with Crippen LogP contribution in [-0.4, -0.2) is 40.8 Å². The summed E-state index contributed by atoms with van der Waals surface area (Å²) in [6.07, 6.45) is 5.01. The van der Waals surface area contributed by atoms with Crippen molar-refractivity contribution >= 4 is 5.82 Å². The lowest BCUT2D eigenvalue weighted by Crippen LogP contribution is -2.37. The highest BCUT2D eigenvalue weighted by Crippen LogP contribution is 2.25. The van der Waals surface area contributed by atoms with Crippen molar-refractivity contribution in [3.63, 3.8) is 0 Å². The number of anilines is 1. The molecule has 0 aliphatic carbocycles. The first kappa shape index (κ1) is 17.4. The van der Waals surface area contributed by atoms with Gasteiger partial charge in [-0.3, -0.25) is 9.97 Å². The number of hydrogen-bond donors (Lipinski definition) is 0. The fraction of sp³-hybridized carbons (Fsp3) is 0.471. The maximum Gasteiger partial charge on any atom is 0.422 e. The third kappa shape index (κ3) is 5.30. The second-order valence-electron chi connectivity index (χ2n) is 6.14. The number of alkyl halides is 3. The highest BCUT2D eigenvalue weighted by atomic mass is 19.4. The van der Waals surface area contributed by atoms with Gasteiger partial charge in [0.15, 0.2) is 12.4 Å². The van der Waals surface area contributed by atoms with Gasteiger partial charge in [-0.1, -0.05) is 6.07 Å². The molecule has 25 heavy (non-hydrogen) atoms. The molecule has 0 bridgehead atoms. The quantitative estimate of drug-likeness (QED) is 0.827. The molecule has 0 amide bonds. The minimum Gasteiger partial charge on any atom is -0.467 e. The van der Waals surface area contributed by atoms with Gasteiger partial charge in [0.25, 0.3) is 0 Å². The normalized spacial score (nSPS) is 18.2. The predicted octanol–water partition coefficient (Wildman–Crippen LogP) is 3.27. The molecular weight excluding hydrogens is 333 g/mol. The van der Waals surface area contributed by atoms with Crippen LogP contribution in [0.3, 0.4) is 0 Å². The Hall–Kier alpha value is -2.38. The van der Waals surface area contributed by atoms with Crippen molar-refractivity contribution in [1.82, 2.24) is 15.0 Å². The van der Waals surface area contributed by atoms with E-state index in [1.54, 1.807) is 12.4 Å². The largest absolute Gasteiger partial charge is 0.467 e. The number of hydrogen-bond acceptors (Lipinski definition) is 5. The molecule has 3 rings (SSSR count). The lowest BCUT2D eigenvalue weighted by molar-refractivity contribution is -0.154. The zero-order valence-corrected chi connectivity index (χ0v) is 13.6. The summed E-state index contributed by atoms with van der Waals surface area (Å²) in [5, 5.41) is 0.